The number of oxazole rings is 1. The van der Waals surface area contributed by atoms with Crippen LogP contribution in [-0.4, -0.2) is 4.98 Å². The highest BCUT2D eigenvalue weighted by Crippen LogP contribution is 2.24. The predicted octanol–water partition coefficient (Wildman–Crippen LogP) is 4.26. The first-order valence-electron chi connectivity index (χ1n) is 5.92. The average Bonchev–Trinajstić information content (AvgIpc) is 2.79. The third-order valence-electron chi connectivity index (χ3n) is 2.90. The van der Waals surface area contributed by atoms with Crippen molar-refractivity contribution < 1.29 is 4.42 Å². The van der Waals surface area contributed by atoms with Gasteiger partial charge in [-0.2, -0.15) is 0 Å². The average molecular weight is 398 g/mol. The predicted molar refractivity (Wildman–Crippen MR) is 86.0 cm³/mol. The molecule has 4 nitrogen and oxygen atoms in total. The maximum Gasteiger partial charge on any atom is 0.417 e. The fourth-order valence-corrected chi connectivity index (χ4v) is 2.59. The molecular formula is C14H10Br2N2O2. The molecule has 0 aliphatic rings. The van der Waals surface area contributed by atoms with Crippen molar-refractivity contribution >= 4 is 48.6 Å². The van der Waals surface area contributed by atoms with Crippen molar-refractivity contribution in [2.24, 2.45) is 0 Å². The van der Waals surface area contributed by atoms with Crippen LogP contribution in [0.25, 0.3) is 11.1 Å². The second-order valence-corrected chi connectivity index (χ2v) is 6.04. The number of rotatable bonds is 3. The van der Waals surface area contributed by atoms with Crippen LogP contribution < -0.4 is 11.1 Å². The van der Waals surface area contributed by atoms with Crippen molar-refractivity contribution in [3.63, 3.8) is 0 Å². The van der Waals surface area contributed by atoms with Crippen molar-refractivity contribution in [3.8, 4) is 0 Å². The molecule has 20 heavy (non-hydrogen) atoms. The van der Waals surface area contributed by atoms with Crippen LogP contribution in [0.15, 0.2) is 54.6 Å². The Kier molecular flexibility index (Phi) is 3.67. The summed E-state index contributed by atoms with van der Waals surface area (Å²) in [6.07, 6.45) is 0. The van der Waals surface area contributed by atoms with Gasteiger partial charge in [0.15, 0.2) is 5.58 Å². The Bertz CT molecular complexity index is 823. The summed E-state index contributed by atoms with van der Waals surface area (Å²) < 4.78 is 7.01. The first-order chi connectivity index (χ1) is 9.61. The van der Waals surface area contributed by atoms with E-state index in [4.69, 9.17) is 4.42 Å². The summed E-state index contributed by atoms with van der Waals surface area (Å²) in [5.41, 5.74) is 3.33. The van der Waals surface area contributed by atoms with Gasteiger partial charge in [-0.25, -0.2) is 4.79 Å². The number of hydrogen-bond acceptors (Lipinski definition) is 3. The van der Waals surface area contributed by atoms with Gasteiger partial charge in [0.25, 0.3) is 0 Å². The third kappa shape index (κ3) is 2.81. The van der Waals surface area contributed by atoms with Gasteiger partial charge in [-0.1, -0.05) is 6.07 Å². The molecule has 0 aliphatic carbocycles. The Morgan fingerprint density at radius 1 is 1.10 bits per heavy atom. The highest BCUT2D eigenvalue weighted by molar-refractivity contribution is 9.13. The van der Waals surface area contributed by atoms with E-state index in [2.05, 4.69) is 48.2 Å². The molecule has 3 rings (SSSR count). The molecule has 0 saturated carbocycles. The van der Waals surface area contributed by atoms with Crippen LogP contribution in [0.1, 0.15) is 5.56 Å². The minimum absolute atomic E-state index is 0.436. The first-order valence-corrected chi connectivity index (χ1v) is 7.51. The van der Waals surface area contributed by atoms with Gasteiger partial charge in [-0.05, 0) is 67.8 Å². The van der Waals surface area contributed by atoms with E-state index in [0.29, 0.717) is 17.6 Å². The second-order valence-electron chi connectivity index (χ2n) is 4.33. The van der Waals surface area contributed by atoms with Crippen molar-refractivity contribution in [2.75, 3.05) is 5.32 Å². The molecule has 2 aromatic carbocycles. The Morgan fingerprint density at radius 2 is 1.95 bits per heavy atom. The highest BCUT2D eigenvalue weighted by Gasteiger charge is 2.03. The van der Waals surface area contributed by atoms with Gasteiger partial charge < -0.3 is 9.73 Å². The normalized spacial score (nSPS) is 10.9. The molecule has 1 aromatic heterocycles. The van der Waals surface area contributed by atoms with E-state index in [9.17, 15) is 4.79 Å². The third-order valence-corrected chi connectivity index (χ3v) is 4.78. The van der Waals surface area contributed by atoms with E-state index in [1.165, 1.54) is 0 Å². The van der Waals surface area contributed by atoms with E-state index in [0.717, 1.165) is 20.2 Å². The maximum atomic E-state index is 11.1. The largest absolute Gasteiger partial charge is 0.417 e. The molecule has 0 fully saturated rings. The minimum Gasteiger partial charge on any atom is -0.408 e. The zero-order valence-corrected chi connectivity index (χ0v) is 13.4. The standard InChI is InChI=1S/C14H10Br2N2O2/c15-10-3-1-8(5-11(10)16)7-17-9-2-4-13-12(6-9)18-14(19)20-13/h1-6,17H,7H2,(H,18,19). The van der Waals surface area contributed by atoms with Crippen LogP contribution in [0.3, 0.4) is 0 Å². The lowest BCUT2D eigenvalue weighted by atomic mass is 10.2. The molecule has 0 radical (unpaired) electrons. The maximum absolute atomic E-state index is 11.1. The Balaban J connectivity index is 1.78. The number of aromatic amines is 1. The van der Waals surface area contributed by atoms with E-state index < -0.39 is 5.76 Å². The smallest absolute Gasteiger partial charge is 0.408 e. The Hall–Kier alpha value is -1.53. The van der Waals surface area contributed by atoms with Crippen LogP contribution in [0.2, 0.25) is 0 Å². The van der Waals surface area contributed by atoms with Crippen LogP contribution in [-0.2, 0) is 6.54 Å². The van der Waals surface area contributed by atoms with Gasteiger partial charge in [-0.3, -0.25) is 4.98 Å². The number of anilines is 1. The Labute approximate surface area is 131 Å². The summed E-state index contributed by atoms with van der Waals surface area (Å²) in [4.78, 5) is 13.7. The lowest BCUT2D eigenvalue weighted by molar-refractivity contribution is 0.555. The summed E-state index contributed by atoms with van der Waals surface area (Å²) in [7, 11) is 0. The van der Waals surface area contributed by atoms with E-state index >= 15 is 0 Å². The molecule has 0 saturated heterocycles. The molecule has 2 N–H and O–H groups in total. The molecule has 0 unspecified atom stereocenters. The van der Waals surface area contributed by atoms with Crippen LogP contribution in [0.5, 0.6) is 0 Å². The summed E-state index contributed by atoms with van der Waals surface area (Å²) in [5, 5.41) is 3.31. The Morgan fingerprint density at radius 3 is 2.75 bits per heavy atom. The number of fused-ring (bicyclic) bond motifs is 1. The number of hydrogen-bond donors (Lipinski definition) is 2. The molecule has 0 amide bonds. The lowest BCUT2D eigenvalue weighted by Crippen LogP contribution is -1.99. The van der Waals surface area contributed by atoms with Gasteiger partial charge in [-0.15, -0.1) is 0 Å². The second kappa shape index (κ2) is 5.46. The fourth-order valence-electron chi connectivity index (χ4n) is 1.92. The molecule has 1 heterocycles. The topological polar surface area (TPSA) is 58.0 Å². The molecule has 0 atom stereocenters. The summed E-state index contributed by atoms with van der Waals surface area (Å²) in [5.74, 6) is -0.436. The zero-order valence-electron chi connectivity index (χ0n) is 10.2. The van der Waals surface area contributed by atoms with Crippen molar-refractivity contribution in [2.45, 2.75) is 6.54 Å². The van der Waals surface area contributed by atoms with Crippen LogP contribution >= 0.6 is 31.9 Å². The van der Waals surface area contributed by atoms with E-state index in [1.807, 2.05) is 24.3 Å². The number of aromatic nitrogens is 1. The van der Waals surface area contributed by atoms with Gasteiger partial charge >= 0.3 is 5.76 Å². The minimum atomic E-state index is -0.436. The van der Waals surface area contributed by atoms with E-state index in [-0.39, 0.29) is 0 Å². The molecule has 102 valence electrons. The van der Waals surface area contributed by atoms with Gasteiger partial charge in [0.1, 0.15) is 0 Å². The monoisotopic (exact) mass is 396 g/mol. The van der Waals surface area contributed by atoms with Crippen molar-refractivity contribution in [1.29, 1.82) is 0 Å². The quantitative estimate of drug-likeness (QED) is 0.694. The molecule has 0 bridgehead atoms. The van der Waals surface area contributed by atoms with Gasteiger partial charge in [0.2, 0.25) is 0 Å². The molecular weight excluding hydrogens is 388 g/mol. The lowest BCUT2D eigenvalue weighted by Gasteiger charge is -2.07. The number of nitrogens with one attached hydrogen (secondary N) is 2. The van der Waals surface area contributed by atoms with Gasteiger partial charge in [0.05, 0.1) is 5.52 Å². The summed E-state index contributed by atoms with van der Waals surface area (Å²) in [6.45, 7) is 0.694. The van der Waals surface area contributed by atoms with Crippen molar-refractivity contribution in [3.05, 3.63) is 61.5 Å². The zero-order chi connectivity index (χ0) is 14.1. The molecule has 0 aliphatic heterocycles. The molecule has 0 spiro atoms. The number of H-pyrrole nitrogens is 1. The van der Waals surface area contributed by atoms with Crippen LogP contribution in [0.4, 0.5) is 5.69 Å². The van der Waals surface area contributed by atoms with Crippen molar-refractivity contribution in [1.82, 2.24) is 4.98 Å². The number of halogens is 2. The highest BCUT2D eigenvalue weighted by atomic mass is 79.9. The summed E-state index contributed by atoms with van der Waals surface area (Å²) in [6, 6.07) is 11.6. The first kappa shape index (κ1) is 13.5. The number of benzene rings is 2. The van der Waals surface area contributed by atoms with E-state index in [1.54, 1.807) is 6.07 Å². The SMILES string of the molecule is O=c1[nH]c2cc(NCc3ccc(Br)c(Br)c3)ccc2o1. The molecule has 6 heteroatoms. The molecule has 3 aromatic rings. The van der Waals surface area contributed by atoms with Gasteiger partial charge in [0, 0.05) is 21.2 Å². The fraction of sp³-hybridized carbons (Fsp3) is 0.0714. The summed E-state index contributed by atoms with van der Waals surface area (Å²) >= 11 is 6.92. The van der Waals surface area contributed by atoms with Crippen LogP contribution in [0, 0.1) is 0 Å².